The molecule has 1 heterocycles. The summed E-state index contributed by atoms with van der Waals surface area (Å²) < 4.78 is 11.9. The zero-order valence-corrected chi connectivity index (χ0v) is 22.4. The monoisotopic (exact) mass is 630 g/mol. The van der Waals surface area contributed by atoms with Gasteiger partial charge in [-0.05, 0) is 82.7 Å². The lowest BCUT2D eigenvalue weighted by molar-refractivity contribution is -0.384. The molecule has 188 valence electrons. The van der Waals surface area contributed by atoms with Crippen LogP contribution in [0, 0.1) is 13.7 Å². The number of non-ortho nitro benzene ring substituents is 1. The smallest absolute Gasteiger partial charge is 0.343 e. The van der Waals surface area contributed by atoms with Gasteiger partial charge in [0.15, 0.2) is 11.5 Å². The Kier molecular flexibility index (Phi) is 8.24. The molecule has 0 saturated carbocycles. The van der Waals surface area contributed by atoms with Gasteiger partial charge in [-0.2, -0.15) is 0 Å². The Hall–Kier alpha value is -3.71. The van der Waals surface area contributed by atoms with Gasteiger partial charge in [-0.3, -0.25) is 24.6 Å². The summed E-state index contributed by atoms with van der Waals surface area (Å²) in [6.45, 7) is 2.11. The number of hydrogen-bond donors (Lipinski definition) is 0. The average Bonchev–Trinajstić information content (AvgIpc) is 3.14. The molecular weight excluding hydrogens is 611 g/mol. The number of nitro benzene ring substituents is 1. The van der Waals surface area contributed by atoms with Crippen molar-refractivity contribution in [2.45, 2.75) is 13.5 Å². The van der Waals surface area contributed by atoms with E-state index in [9.17, 15) is 24.5 Å². The molecular formula is C26H19IN2O7S. The van der Waals surface area contributed by atoms with Crippen LogP contribution in [-0.2, 0) is 11.3 Å². The fraction of sp³-hybridized carbons (Fsp3) is 0.115. The van der Waals surface area contributed by atoms with Crippen LogP contribution in [0.15, 0.2) is 71.6 Å². The van der Waals surface area contributed by atoms with Crippen LogP contribution in [-0.4, -0.2) is 33.5 Å². The van der Waals surface area contributed by atoms with Gasteiger partial charge in [-0.25, -0.2) is 4.79 Å². The van der Waals surface area contributed by atoms with E-state index in [1.807, 2.05) is 22.6 Å². The van der Waals surface area contributed by atoms with Gasteiger partial charge < -0.3 is 9.47 Å². The number of nitro groups is 1. The van der Waals surface area contributed by atoms with E-state index in [0.717, 1.165) is 16.7 Å². The summed E-state index contributed by atoms with van der Waals surface area (Å²) in [6, 6.07) is 17.6. The molecule has 1 aliphatic heterocycles. The van der Waals surface area contributed by atoms with Crippen molar-refractivity contribution < 1.29 is 28.8 Å². The Bertz CT molecular complexity index is 1410. The molecule has 0 bridgehead atoms. The third-order valence-electron chi connectivity index (χ3n) is 5.20. The first kappa shape index (κ1) is 26.4. The molecule has 0 aromatic heterocycles. The Morgan fingerprint density at radius 1 is 1.11 bits per heavy atom. The molecule has 2 amide bonds. The molecule has 1 fully saturated rings. The van der Waals surface area contributed by atoms with Gasteiger partial charge in [0.05, 0.1) is 32.1 Å². The first-order valence-electron chi connectivity index (χ1n) is 11.0. The lowest BCUT2D eigenvalue weighted by Crippen LogP contribution is -2.27. The van der Waals surface area contributed by atoms with E-state index in [1.54, 1.807) is 55.5 Å². The second-order valence-corrected chi connectivity index (χ2v) is 9.87. The molecule has 0 atom stereocenters. The van der Waals surface area contributed by atoms with Crippen LogP contribution < -0.4 is 9.47 Å². The molecule has 0 spiro atoms. The number of carbonyl (C=O) groups is 3. The maximum absolute atomic E-state index is 13.0. The van der Waals surface area contributed by atoms with Gasteiger partial charge in [0.2, 0.25) is 0 Å². The number of amides is 2. The van der Waals surface area contributed by atoms with Crippen molar-refractivity contribution in [3.63, 3.8) is 0 Å². The zero-order chi connectivity index (χ0) is 26.5. The maximum Gasteiger partial charge on any atom is 0.343 e. The summed E-state index contributed by atoms with van der Waals surface area (Å²) in [5.41, 5.74) is 1.50. The molecule has 0 radical (unpaired) electrons. The molecule has 4 rings (SSSR count). The Morgan fingerprint density at radius 3 is 2.46 bits per heavy atom. The molecule has 0 N–H and O–H groups in total. The SMILES string of the molecule is CCOc1cc(/C=C2\SC(=O)N(Cc3ccc([N+](=O)[O-])cc3)C2=O)cc(I)c1OC(=O)c1ccccc1. The van der Waals surface area contributed by atoms with Gasteiger partial charge in [0, 0.05) is 12.1 Å². The number of carbonyl (C=O) groups excluding carboxylic acids is 3. The van der Waals surface area contributed by atoms with Crippen LogP contribution in [0.3, 0.4) is 0 Å². The van der Waals surface area contributed by atoms with Gasteiger partial charge in [0.1, 0.15) is 0 Å². The third kappa shape index (κ3) is 6.17. The summed E-state index contributed by atoms with van der Waals surface area (Å²) >= 11 is 2.83. The lowest BCUT2D eigenvalue weighted by atomic mass is 10.1. The van der Waals surface area contributed by atoms with Crippen molar-refractivity contribution >= 4 is 63.2 Å². The van der Waals surface area contributed by atoms with E-state index in [4.69, 9.17) is 9.47 Å². The van der Waals surface area contributed by atoms with E-state index >= 15 is 0 Å². The number of benzene rings is 3. The molecule has 9 nitrogen and oxygen atoms in total. The van der Waals surface area contributed by atoms with E-state index in [2.05, 4.69) is 0 Å². The minimum atomic E-state index is -0.528. The standard InChI is InChI=1S/C26H19IN2O7S/c1-2-35-21-13-17(12-20(27)23(21)36-25(31)18-6-4-3-5-7-18)14-22-24(30)28(26(32)37-22)15-16-8-10-19(11-9-16)29(33)34/h3-14H,2,15H2,1H3/b22-14-. The largest absolute Gasteiger partial charge is 0.490 e. The molecule has 1 aliphatic rings. The second kappa shape index (κ2) is 11.6. The number of nitrogens with zero attached hydrogens (tertiary/aromatic N) is 2. The third-order valence-corrected chi connectivity index (χ3v) is 6.90. The first-order valence-corrected chi connectivity index (χ1v) is 12.9. The minimum absolute atomic E-state index is 0.00386. The highest BCUT2D eigenvalue weighted by molar-refractivity contribution is 14.1. The summed E-state index contributed by atoms with van der Waals surface area (Å²) in [4.78, 5) is 49.7. The number of rotatable bonds is 8. The highest BCUT2D eigenvalue weighted by Gasteiger charge is 2.35. The Balaban J connectivity index is 1.56. The number of ether oxygens (including phenoxy) is 2. The number of thioether (sulfide) groups is 1. The molecule has 3 aromatic rings. The van der Waals surface area contributed by atoms with E-state index in [-0.39, 0.29) is 22.9 Å². The maximum atomic E-state index is 13.0. The van der Waals surface area contributed by atoms with Crippen molar-refractivity contribution in [1.29, 1.82) is 0 Å². The number of halogens is 1. The molecule has 0 unspecified atom stereocenters. The van der Waals surface area contributed by atoms with Crippen LogP contribution in [0.25, 0.3) is 6.08 Å². The highest BCUT2D eigenvalue weighted by Crippen LogP contribution is 2.38. The van der Waals surface area contributed by atoms with Crippen LogP contribution in [0.2, 0.25) is 0 Å². The van der Waals surface area contributed by atoms with Crippen molar-refractivity contribution in [1.82, 2.24) is 4.90 Å². The first-order chi connectivity index (χ1) is 17.8. The predicted octanol–water partition coefficient (Wildman–Crippen LogP) is 6.05. The van der Waals surface area contributed by atoms with E-state index < -0.39 is 22.0 Å². The summed E-state index contributed by atoms with van der Waals surface area (Å²) in [5, 5.41) is 10.4. The zero-order valence-electron chi connectivity index (χ0n) is 19.4. The topological polar surface area (TPSA) is 116 Å². The normalized spacial score (nSPS) is 14.2. The molecule has 11 heteroatoms. The van der Waals surface area contributed by atoms with Gasteiger partial charge >= 0.3 is 5.97 Å². The number of imide groups is 1. The Morgan fingerprint density at radius 2 is 1.81 bits per heavy atom. The fourth-order valence-corrected chi connectivity index (χ4v) is 5.03. The number of esters is 1. The lowest BCUT2D eigenvalue weighted by Gasteiger charge is -2.14. The molecule has 37 heavy (non-hydrogen) atoms. The Labute approximate surface area is 229 Å². The molecule has 1 saturated heterocycles. The molecule has 0 aliphatic carbocycles. The van der Waals surface area contributed by atoms with E-state index in [0.29, 0.717) is 32.6 Å². The van der Waals surface area contributed by atoms with Gasteiger partial charge in [-0.1, -0.05) is 30.3 Å². The van der Waals surface area contributed by atoms with Crippen molar-refractivity contribution in [2.75, 3.05) is 6.61 Å². The van der Waals surface area contributed by atoms with Crippen molar-refractivity contribution in [3.05, 3.63) is 102 Å². The van der Waals surface area contributed by atoms with Crippen LogP contribution in [0.1, 0.15) is 28.4 Å². The summed E-state index contributed by atoms with van der Waals surface area (Å²) in [5.74, 6) is -0.407. The van der Waals surface area contributed by atoms with Crippen LogP contribution in [0.5, 0.6) is 11.5 Å². The van der Waals surface area contributed by atoms with Gasteiger partial charge in [0.25, 0.3) is 16.8 Å². The highest BCUT2D eigenvalue weighted by atomic mass is 127. The van der Waals surface area contributed by atoms with E-state index in [1.165, 1.54) is 24.3 Å². The quantitative estimate of drug-likeness (QED) is 0.0738. The number of hydrogen-bond acceptors (Lipinski definition) is 8. The second-order valence-electron chi connectivity index (χ2n) is 7.71. The summed E-state index contributed by atoms with van der Waals surface area (Å²) in [7, 11) is 0. The van der Waals surface area contributed by atoms with Crippen LogP contribution >= 0.6 is 34.4 Å². The predicted molar refractivity (Wildman–Crippen MR) is 146 cm³/mol. The molecule has 3 aromatic carbocycles. The van der Waals surface area contributed by atoms with Crippen LogP contribution in [0.4, 0.5) is 10.5 Å². The van der Waals surface area contributed by atoms with Crippen molar-refractivity contribution in [3.8, 4) is 11.5 Å². The average molecular weight is 630 g/mol. The van der Waals surface area contributed by atoms with Crippen molar-refractivity contribution in [2.24, 2.45) is 0 Å². The minimum Gasteiger partial charge on any atom is -0.490 e. The van der Waals surface area contributed by atoms with Gasteiger partial charge in [-0.15, -0.1) is 0 Å². The summed E-state index contributed by atoms with van der Waals surface area (Å²) in [6.07, 6.45) is 1.58. The fourth-order valence-electron chi connectivity index (χ4n) is 3.45.